The third-order valence-corrected chi connectivity index (χ3v) is 2.74. The van der Waals surface area contributed by atoms with Crippen molar-refractivity contribution in [3.8, 4) is 0 Å². The zero-order valence-corrected chi connectivity index (χ0v) is 10.4. The third-order valence-electron chi connectivity index (χ3n) is 2.74. The largest absolute Gasteiger partial charge is 0.478 e. The molecule has 0 aliphatic rings. The van der Waals surface area contributed by atoms with Gasteiger partial charge in [0.2, 0.25) is 0 Å². The van der Waals surface area contributed by atoms with Gasteiger partial charge in [0, 0.05) is 18.9 Å². The maximum absolute atomic E-state index is 12.7. The minimum atomic E-state index is -4.71. The molecular weight excluding hydrogens is 277 g/mol. The van der Waals surface area contributed by atoms with E-state index in [9.17, 15) is 18.0 Å². The van der Waals surface area contributed by atoms with Crippen molar-refractivity contribution in [2.75, 3.05) is 0 Å². The van der Waals surface area contributed by atoms with Gasteiger partial charge in [0.1, 0.15) is 12.2 Å². The van der Waals surface area contributed by atoms with Crippen LogP contribution in [0.25, 0.3) is 0 Å². The Kier molecular flexibility index (Phi) is 3.51. The molecule has 0 aromatic carbocycles. The van der Waals surface area contributed by atoms with Gasteiger partial charge in [-0.25, -0.2) is 14.5 Å². The quantitative estimate of drug-likeness (QED) is 0.932. The van der Waals surface area contributed by atoms with Crippen molar-refractivity contribution in [3.05, 3.63) is 35.7 Å². The number of halogens is 3. The monoisotopic (exact) mass is 288 g/mol. The van der Waals surface area contributed by atoms with E-state index in [2.05, 4.69) is 10.1 Å². The number of aromatic carboxylic acids is 1. The number of aryl methyl sites for hydroxylation is 1. The van der Waals surface area contributed by atoms with E-state index in [0.29, 0.717) is 12.4 Å². The van der Waals surface area contributed by atoms with E-state index in [1.165, 1.54) is 11.0 Å². The molecule has 0 unspecified atom stereocenters. The number of aromatic nitrogens is 4. The summed E-state index contributed by atoms with van der Waals surface area (Å²) in [6, 6.07) is 0. The fourth-order valence-electron chi connectivity index (χ4n) is 1.83. The summed E-state index contributed by atoms with van der Waals surface area (Å²) in [6.45, 7) is 2.36. The van der Waals surface area contributed by atoms with Gasteiger partial charge in [-0.2, -0.15) is 18.3 Å². The molecule has 20 heavy (non-hydrogen) atoms. The summed E-state index contributed by atoms with van der Waals surface area (Å²) >= 11 is 0. The summed E-state index contributed by atoms with van der Waals surface area (Å²) in [6.07, 6.45) is -1.71. The zero-order chi connectivity index (χ0) is 14.9. The molecule has 9 heteroatoms. The second-order valence-corrected chi connectivity index (χ2v) is 4.05. The lowest BCUT2D eigenvalue weighted by Crippen LogP contribution is -2.10. The number of carbonyl (C=O) groups is 1. The smallest absolute Gasteiger partial charge is 0.418 e. The fraction of sp³-hybridized carbons (Fsp3) is 0.364. The van der Waals surface area contributed by atoms with Crippen LogP contribution >= 0.6 is 0 Å². The SMILES string of the molecule is CCn1ncnc1Cn1cc(C(=O)O)c(C(F)(F)F)c1. The number of rotatable bonds is 4. The van der Waals surface area contributed by atoms with Gasteiger partial charge in [-0.05, 0) is 6.92 Å². The molecule has 0 aliphatic carbocycles. The average Bonchev–Trinajstić information content (AvgIpc) is 2.95. The van der Waals surface area contributed by atoms with E-state index in [0.717, 1.165) is 17.0 Å². The van der Waals surface area contributed by atoms with E-state index in [-0.39, 0.29) is 6.54 Å². The van der Waals surface area contributed by atoms with Gasteiger partial charge in [0.15, 0.2) is 0 Å². The Hall–Kier alpha value is -2.32. The molecule has 0 radical (unpaired) electrons. The van der Waals surface area contributed by atoms with Crippen LogP contribution in [0.4, 0.5) is 13.2 Å². The lowest BCUT2D eigenvalue weighted by atomic mass is 10.2. The number of hydrogen-bond acceptors (Lipinski definition) is 3. The van der Waals surface area contributed by atoms with Gasteiger partial charge in [-0.1, -0.05) is 0 Å². The van der Waals surface area contributed by atoms with E-state index in [1.54, 1.807) is 0 Å². The van der Waals surface area contributed by atoms with Gasteiger partial charge in [0.25, 0.3) is 0 Å². The molecule has 0 atom stereocenters. The third kappa shape index (κ3) is 2.65. The Bertz CT molecular complexity index is 630. The van der Waals surface area contributed by atoms with Crippen molar-refractivity contribution >= 4 is 5.97 Å². The van der Waals surface area contributed by atoms with Gasteiger partial charge in [0.05, 0.1) is 17.7 Å². The topological polar surface area (TPSA) is 72.9 Å². The van der Waals surface area contributed by atoms with Crippen molar-refractivity contribution in [2.45, 2.75) is 26.2 Å². The molecule has 0 aliphatic heterocycles. The molecule has 0 fully saturated rings. The fourth-order valence-corrected chi connectivity index (χ4v) is 1.83. The molecule has 2 aromatic heterocycles. The lowest BCUT2D eigenvalue weighted by molar-refractivity contribution is -0.138. The summed E-state index contributed by atoms with van der Waals surface area (Å²) in [5.74, 6) is -1.17. The first-order valence-corrected chi connectivity index (χ1v) is 5.70. The summed E-state index contributed by atoms with van der Waals surface area (Å²) in [4.78, 5) is 14.8. The summed E-state index contributed by atoms with van der Waals surface area (Å²) in [5, 5.41) is 12.7. The second kappa shape index (κ2) is 4.99. The van der Waals surface area contributed by atoms with Gasteiger partial charge < -0.3 is 9.67 Å². The summed E-state index contributed by atoms with van der Waals surface area (Å²) in [7, 11) is 0. The molecule has 0 saturated heterocycles. The number of hydrogen-bond donors (Lipinski definition) is 1. The Morgan fingerprint density at radius 3 is 2.60 bits per heavy atom. The first kappa shape index (κ1) is 14.1. The minimum Gasteiger partial charge on any atom is -0.478 e. The maximum atomic E-state index is 12.7. The summed E-state index contributed by atoms with van der Waals surface area (Å²) < 4.78 is 40.9. The highest BCUT2D eigenvalue weighted by Gasteiger charge is 2.37. The van der Waals surface area contributed by atoms with Crippen LogP contribution in [-0.4, -0.2) is 30.4 Å². The molecule has 2 aromatic rings. The minimum absolute atomic E-state index is 0.0181. The van der Waals surface area contributed by atoms with Crippen LogP contribution in [0.3, 0.4) is 0 Å². The molecule has 0 saturated carbocycles. The van der Waals surface area contributed by atoms with E-state index < -0.39 is 23.3 Å². The average molecular weight is 288 g/mol. The molecule has 6 nitrogen and oxygen atoms in total. The van der Waals surface area contributed by atoms with E-state index in [4.69, 9.17) is 5.11 Å². The van der Waals surface area contributed by atoms with Crippen molar-refractivity contribution in [1.82, 2.24) is 19.3 Å². The van der Waals surface area contributed by atoms with Crippen LogP contribution in [0.2, 0.25) is 0 Å². The predicted octanol–water partition coefficient (Wildman–Crippen LogP) is 1.86. The standard InChI is InChI=1S/C11H11F3N4O2/c1-2-18-9(15-6-16-18)5-17-3-7(10(19)20)8(4-17)11(12,13)14/h3-4,6H,2,5H2,1H3,(H,19,20). The van der Waals surface area contributed by atoms with Gasteiger partial charge in [-0.3, -0.25) is 0 Å². The zero-order valence-electron chi connectivity index (χ0n) is 10.4. The highest BCUT2D eigenvalue weighted by Crippen LogP contribution is 2.32. The lowest BCUT2D eigenvalue weighted by Gasteiger charge is -2.05. The maximum Gasteiger partial charge on any atom is 0.418 e. The Labute approximate surface area is 111 Å². The molecule has 0 amide bonds. The number of nitrogens with zero attached hydrogens (tertiary/aromatic N) is 4. The summed E-state index contributed by atoms with van der Waals surface area (Å²) in [5.41, 5.74) is -1.95. The number of alkyl halides is 3. The molecule has 0 spiro atoms. The van der Waals surface area contributed by atoms with Crippen LogP contribution in [0.15, 0.2) is 18.7 Å². The Morgan fingerprint density at radius 1 is 1.40 bits per heavy atom. The van der Waals surface area contributed by atoms with Crippen LogP contribution in [0.5, 0.6) is 0 Å². The first-order valence-electron chi connectivity index (χ1n) is 5.70. The molecule has 0 bridgehead atoms. The van der Waals surface area contributed by atoms with Gasteiger partial charge in [-0.15, -0.1) is 0 Å². The van der Waals surface area contributed by atoms with Crippen LogP contribution in [-0.2, 0) is 19.3 Å². The van der Waals surface area contributed by atoms with Crippen molar-refractivity contribution in [2.24, 2.45) is 0 Å². The molecular formula is C11H11F3N4O2. The predicted molar refractivity (Wildman–Crippen MR) is 61.2 cm³/mol. The highest BCUT2D eigenvalue weighted by molar-refractivity contribution is 5.89. The van der Waals surface area contributed by atoms with Crippen LogP contribution < -0.4 is 0 Å². The Morgan fingerprint density at radius 2 is 2.10 bits per heavy atom. The Balaban J connectivity index is 2.37. The van der Waals surface area contributed by atoms with Crippen molar-refractivity contribution < 1.29 is 23.1 Å². The normalized spacial score (nSPS) is 11.8. The number of carboxylic acids is 1. The van der Waals surface area contributed by atoms with Gasteiger partial charge >= 0.3 is 12.1 Å². The molecule has 2 heterocycles. The van der Waals surface area contributed by atoms with Crippen LogP contribution in [0.1, 0.15) is 28.7 Å². The second-order valence-electron chi connectivity index (χ2n) is 4.05. The molecule has 1 N–H and O–H groups in total. The van der Waals surface area contributed by atoms with E-state index >= 15 is 0 Å². The highest BCUT2D eigenvalue weighted by atomic mass is 19.4. The van der Waals surface area contributed by atoms with E-state index in [1.807, 2.05) is 6.92 Å². The first-order chi connectivity index (χ1) is 9.32. The van der Waals surface area contributed by atoms with Crippen LogP contribution in [0, 0.1) is 0 Å². The number of carboxylic acid groups (broad SMARTS) is 1. The van der Waals surface area contributed by atoms with Crippen molar-refractivity contribution in [3.63, 3.8) is 0 Å². The van der Waals surface area contributed by atoms with Crippen molar-refractivity contribution in [1.29, 1.82) is 0 Å². The molecule has 2 rings (SSSR count). The molecule has 108 valence electrons.